The highest BCUT2D eigenvalue weighted by Crippen LogP contribution is 2.17. The van der Waals surface area contributed by atoms with Gasteiger partial charge in [-0.3, -0.25) is 9.59 Å². The molecule has 0 spiro atoms. The minimum Gasteiger partial charge on any atom is -0.491 e. The second-order valence-corrected chi connectivity index (χ2v) is 7.09. The quantitative estimate of drug-likeness (QED) is 0.833. The predicted octanol–water partition coefficient (Wildman–Crippen LogP) is 3.38. The molecule has 0 unspecified atom stereocenters. The number of aryl methyl sites for hydroxylation is 1. The third-order valence-electron chi connectivity index (χ3n) is 4.70. The van der Waals surface area contributed by atoms with Gasteiger partial charge in [-0.2, -0.15) is 0 Å². The first-order valence-corrected chi connectivity index (χ1v) is 9.36. The summed E-state index contributed by atoms with van der Waals surface area (Å²) in [5, 5.41) is 0. The molecule has 1 aliphatic rings. The Labute approximate surface area is 160 Å². The van der Waals surface area contributed by atoms with Gasteiger partial charge in [0.1, 0.15) is 5.75 Å². The van der Waals surface area contributed by atoms with E-state index in [4.69, 9.17) is 4.74 Å². The lowest BCUT2D eigenvalue weighted by atomic mass is 10.1. The zero-order valence-electron chi connectivity index (χ0n) is 16.1. The lowest BCUT2D eigenvalue weighted by Crippen LogP contribution is -2.50. The normalized spacial score (nSPS) is 14.4. The minimum absolute atomic E-state index is 0.00547. The first-order valence-electron chi connectivity index (χ1n) is 9.36. The van der Waals surface area contributed by atoms with E-state index in [1.165, 1.54) is 0 Å². The maximum atomic E-state index is 12.7. The van der Waals surface area contributed by atoms with Crippen LogP contribution in [0, 0.1) is 6.92 Å². The molecular formula is C22H26N2O3. The molecule has 27 heavy (non-hydrogen) atoms. The summed E-state index contributed by atoms with van der Waals surface area (Å²) in [5.41, 5.74) is 2.35. The van der Waals surface area contributed by atoms with E-state index >= 15 is 0 Å². The van der Waals surface area contributed by atoms with Crippen molar-refractivity contribution in [1.82, 2.24) is 9.80 Å². The standard InChI is InChI=1S/C22H26N2O3/c1-16(2)27-19-10-8-18(9-11-19)21(25)23-12-14-24(15-13-23)22(26)20-7-5-4-6-17(20)3/h4-11,16H,12-15H2,1-3H3. The van der Waals surface area contributed by atoms with Gasteiger partial charge < -0.3 is 14.5 Å². The molecule has 0 radical (unpaired) electrons. The van der Waals surface area contributed by atoms with Crippen molar-refractivity contribution in [1.29, 1.82) is 0 Å². The van der Waals surface area contributed by atoms with Gasteiger partial charge in [-0.1, -0.05) is 18.2 Å². The Balaban J connectivity index is 1.59. The fraction of sp³-hybridized carbons (Fsp3) is 0.364. The molecule has 0 aromatic heterocycles. The number of hydrogen-bond donors (Lipinski definition) is 0. The molecule has 1 saturated heterocycles. The van der Waals surface area contributed by atoms with Crippen molar-refractivity contribution in [3.63, 3.8) is 0 Å². The number of piperazine rings is 1. The number of benzene rings is 2. The molecule has 2 amide bonds. The van der Waals surface area contributed by atoms with Crippen molar-refractivity contribution in [3.8, 4) is 5.75 Å². The average Bonchev–Trinajstić information content (AvgIpc) is 2.67. The summed E-state index contributed by atoms with van der Waals surface area (Å²) in [6.45, 7) is 8.07. The van der Waals surface area contributed by atoms with Crippen LogP contribution in [0.4, 0.5) is 0 Å². The summed E-state index contributed by atoms with van der Waals surface area (Å²) >= 11 is 0. The molecule has 2 aromatic carbocycles. The summed E-state index contributed by atoms with van der Waals surface area (Å²) in [6, 6.07) is 14.9. The van der Waals surface area contributed by atoms with E-state index in [0.717, 1.165) is 16.9 Å². The van der Waals surface area contributed by atoms with E-state index in [9.17, 15) is 9.59 Å². The molecule has 1 aliphatic heterocycles. The SMILES string of the molecule is Cc1ccccc1C(=O)N1CCN(C(=O)c2ccc(OC(C)C)cc2)CC1. The van der Waals surface area contributed by atoms with Crippen LogP contribution in [-0.2, 0) is 0 Å². The molecule has 0 N–H and O–H groups in total. The molecule has 5 nitrogen and oxygen atoms in total. The highest BCUT2D eigenvalue weighted by atomic mass is 16.5. The largest absolute Gasteiger partial charge is 0.491 e. The molecule has 1 fully saturated rings. The maximum absolute atomic E-state index is 12.7. The van der Waals surface area contributed by atoms with Gasteiger partial charge in [-0.25, -0.2) is 0 Å². The van der Waals surface area contributed by atoms with Gasteiger partial charge in [-0.15, -0.1) is 0 Å². The molecule has 3 rings (SSSR count). The summed E-state index contributed by atoms with van der Waals surface area (Å²) < 4.78 is 5.62. The van der Waals surface area contributed by atoms with Crippen LogP contribution >= 0.6 is 0 Å². The van der Waals surface area contributed by atoms with Gasteiger partial charge in [0.05, 0.1) is 6.10 Å². The Morgan fingerprint density at radius 2 is 1.41 bits per heavy atom. The molecule has 142 valence electrons. The molecule has 2 aromatic rings. The monoisotopic (exact) mass is 366 g/mol. The van der Waals surface area contributed by atoms with Crippen molar-refractivity contribution in [2.24, 2.45) is 0 Å². The highest BCUT2D eigenvalue weighted by Gasteiger charge is 2.26. The van der Waals surface area contributed by atoms with Gasteiger partial charge in [0.15, 0.2) is 0 Å². The van der Waals surface area contributed by atoms with Gasteiger partial charge in [0.2, 0.25) is 0 Å². The third-order valence-corrected chi connectivity index (χ3v) is 4.70. The number of hydrogen-bond acceptors (Lipinski definition) is 3. The molecule has 0 bridgehead atoms. The Morgan fingerprint density at radius 1 is 0.852 bits per heavy atom. The van der Waals surface area contributed by atoms with Gasteiger partial charge in [-0.05, 0) is 56.7 Å². The zero-order valence-corrected chi connectivity index (χ0v) is 16.1. The van der Waals surface area contributed by atoms with E-state index in [1.54, 1.807) is 17.0 Å². The van der Waals surface area contributed by atoms with Gasteiger partial charge >= 0.3 is 0 Å². The van der Waals surface area contributed by atoms with Crippen molar-refractivity contribution in [2.75, 3.05) is 26.2 Å². The molecule has 0 saturated carbocycles. The van der Waals surface area contributed by atoms with Crippen LogP contribution in [0.5, 0.6) is 5.75 Å². The Morgan fingerprint density at radius 3 is 1.96 bits per heavy atom. The number of nitrogens with zero attached hydrogens (tertiary/aromatic N) is 2. The van der Waals surface area contributed by atoms with Crippen LogP contribution in [0.2, 0.25) is 0 Å². The van der Waals surface area contributed by atoms with Gasteiger partial charge in [0.25, 0.3) is 11.8 Å². The minimum atomic E-state index is -0.00547. The van der Waals surface area contributed by atoms with Crippen molar-refractivity contribution < 1.29 is 14.3 Å². The fourth-order valence-electron chi connectivity index (χ4n) is 3.23. The van der Waals surface area contributed by atoms with Crippen molar-refractivity contribution in [2.45, 2.75) is 26.9 Å². The van der Waals surface area contributed by atoms with Crippen molar-refractivity contribution >= 4 is 11.8 Å². The smallest absolute Gasteiger partial charge is 0.254 e. The summed E-state index contributed by atoms with van der Waals surface area (Å²) in [5.74, 6) is 0.791. The lowest BCUT2D eigenvalue weighted by molar-refractivity contribution is 0.0535. The third kappa shape index (κ3) is 4.48. The van der Waals surface area contributed by atoms with Gasteiger partial charge in [0, 0.05) is 37.3 Å². The highest BCUT2D eigenvalue weighted by molar-refractivity contribution is 5.96. The predicted molar refractivity (Wildman–Crippen MR) is 105 cm³/mol. The maximum Gasteiger partial charge on any atom is 0.254 e. The fourth-order valence-corrected chi connectivity index (χ4v) is 3.23. The van der Waals surface area contributed by atoms with Crippen LogP contribution in [0.1, 0.15) is 40.1 Å². The van der Waals surface area contributed by atoms with E-state index in [1.807, 2.05) is 62.1 Å². The van der Waals surface area contributed by atoms with E-state index in [2.05, 4.69) is 0 Å². The number of carbonyl (C=O) groups is 2. The second-order valence-electron chi connectivity index (χ2n) is 7.09. The van der Waals surface area contributed by atoms with Crippen LogP contribution in [0.25, 0.3) is 0 Å². The summed E-state index contributed by atoms with van der Waals surface area (Å²) in [6.07, 6.45) is 0.102. The van der Waals surface area contributed by atoms with Crippen molar-refractivity contribution in [3.05, 3.63) is 65.2 Å². The number of amides is 2. The topological polar surface area (TPSA) is 49.9 Å². The Hall–Kier alpha value is -2.82. The van der Waals surface area contributed by atoms with Crippen LogP contribution in [0.3, 0.4) is 0 Å². The van der Waals surface area contributed by atoms with E-state index in [0.29, 0.717) is 31.7 Å². The summed E-state index contributed by atoms with van der Waals surface area (Å²) in [4.78, 5) is 29.0. The van der Waals surface area contributed by atoms with E-state index < -0.39 is 0 Å². The molecular weight excluding hydrogens is 340 g/mol. The van der Waals surface area contributed by atoms with Crippen LogP contribution in [-0.4, -0.2) is 53.9 Å². The molecule has 0 atom stereocenters. The van der Waals surface area contributed by atoms with Crippen LogP contribution in [0.15, 0.2) is 48.5 Å². The number of ether oxygens (including phenoxy) is 1. The number of rotatable bonds is 4. The molecule has 1 heterocycles. The number of carbonyl (C=O) groups excluding carboxylic acids is 2. The summed E-state index contributed by atoms with van der Waals surface area (Å²) in [7, 11) is 0. The average molecular weight is 366 g/mol. The lowest BCUT2D eigenvalue weighted by Gasteiger charge is -2.35. The Kier molecular flexibility index (Phi) is 5.79. The Bertz CT molecular complexity index is 807. The first kappa shape index (κ1) is 19.0. The molecule has 5 heteroatoms. The first-order chi connectivity index (χ1) is 13.0. The second kappa shape index (κ2) is 8.25. The van der Waals surface area contributed by atoms with E-state index in [-0.39, 0.29) is 17.9 Å². The zero-order chi connectivity index (χ0) is 19.4. The molecule has 0 aliphatic carbocycles. The van der Waals surface area contributed by atoms with Crippen LogP contribution < -0.4 is 4.74 Å².